The number of likely N-dealkylation sites (tertiary alicyclic amines) is 1. The highest BCUT2D eigenvalue weighted by Crippen LogP contribution is 2.27. The molecule has 2 saturated heterocycles. The second kappa shape index (κ2) is 5.68. The minimum Gasteiger partial charge on any atom is -0.379 e. The van der Waals surface area contributed by atoms with Gasteiger partial charge in [0.1, 0.15) is 0 Å². The summed E-state index contributed by atoms with van der Waals surface area (Å²) in [4.78, 5) is 5.43. The fourth-order valence-electron chi connectivity index (χ4n) is 3.83. The molecular formula is C14H26N2O. The Morgan fingerprint density at radius 1 is 0.647 bits per heavy atom. The molecule has 1 aliphatic carbocycles. The molecule has 0 amide bonds. The van der Waals surface area contributed by atoms with Crippen molar-refractivity contribution in [2.75, 3.05) is 39.4 Å². The molecule has 1 saturated carbocycles. The van der Waals surface area contributed by atoms with Gasteiger partial charge in [0, 0.05) is 25.2 Å². The maximum atomic E-state index is 5.44. The first-order valence-corrected chi connectivity index (χ1v) is 7.49. The molecule has 0 N–H and O–H groups in total. The molecule has 0 aromatic rings. The molecule has 0 atom stereocenters. The zero-order chi connectivity index (χ0) is 11.5. The fourth-order valence-corrected chi connectivity index (χ4v) is 3.83. The van der Waals surface area contributed by atoms with Crippen LogP contribution in [0.25, 0.3) is 0 Å². The topological polar surface area (TPSA) is 15.7 Å². The summed E-state index contributed by atoms with van der Waals surface area (Å²) in [6.07, 6.45) is 8.62. The van der Waals surface area contributed by atoms with Crippen molar-refractivity contribution in [3.63, 3.8) is 0 Å². The summed E-state index contributed by atoms with van der Waals surface area (Å²) < 4.78 is 5.44. The Morgan fingerprint density at radius 3 is 1.82 bits per heavy atom. The molecule has 3 aliphatic rings. The van der Waals surface area contributed by atoms with Gasteiger partial charge < -0.3 is 9.64 Å². The number of ether oxygens (including phenoxy) is 1. The van der Waals surface area contributed by atoms with Crippen molar-refractivity contribution in [3.8, 4) is 0 Å². The normalized spacial score (nSPS) is 31.1. The lowest BCUT2D eigenvalue weighted by Gasteiger charge is -2.41. The predicted octanol–water partition coefficient (Wildman–Crippen LogP) is 1.73. The van der Waals surface area contributed by atoms with Crippen LogP contribution in [0, 0.1) is 0 Å². The highest BCUT2D eigenvalue weighted by molar-refractivity contribution is 4.85. The van der Waals surface area contributed by atoms with Gasteiger partial charge in [0.05, 0.1) is 13.2 Å². The third-order valence-electron chi connectivity index (χ3n) is 4.90. The third-order valence-corrected chi connectivity index (χ3v) is 4.90. The molecular weight excluding hydrogens is 212 g/mol. The molecule has 98 valence electrons. The van der Waals surface area contributed by atoms with Crippen molar-refractivity contribution < 1.29 is 4.74 Å². The first-order valence-electron chi connectivity index (χ1n) is 7.49. The van der Waals surface area contributed by atoms with E-state index < -0.39 is 0 Å². The van der Waals surface area contributed by atoms with Crippen LogP contribution in [0.3, 0.4) is 0 Å². The predicted molar refractivity (Wildman–Crippen MR) is 69.2 cm³/mol. The zero-order valence-electron chi connectivity index (χ0n) is 10.9. The van der Waals surface area contributed by atoms with E-state index in [9.17, 15) is 0 Å². The molecule has 2 aliphatic heterocycles. The van der Waals surface area contributed by atoms with Crippen LogP contribution in [-0.2, 0) is 4.74 Å². The summed E-state index contributed by atoms with van der Waals surface area (Å²) >= 11 is 0. The van der Waals surface area contributed by atoms with Crippen LogP contribution in [0.5, 0.6) is 0 Å². The average molecular weight is 238 g/mol. The maximum Gasteiger partial charge on any atom is 0.0594 e. The molecule has 2 heterocycles. The van der Waals surface area contributed by atoms with Gasteiger partial charge in [0.25, 0.3) is 0 Å². The summed E-state index contributed by atoms with van der Waals surface area (Å²) in [7, 11) is 0. The van der Waals surface area contributed by atoms with E-state index in [0.717, 1.165) is 38.4 Å². The molecule has 0 aromatic heterocycles. The van der Waals surface area contributed by atoms with Gasteiger partial charge in [-0.05, 0) is 38.8 Å². The van der Waals surface area contributed by atoms with Crippen LogP contribution in [-0.4, -0.2) is 61.3 Å². The van der Waals surface area contributed by atoms with Crippen LogP contribution in [0.2, 0.25) is 0 Å². The van der Waals surface area contributed by atoms with Gasteiger partial charge >= 0.3 is 0 Å². The number of hydrogen-bond donors (Lipinski definition) is 0. The summed E-state index contributed by atoms with van der Waals surface area (Å²) in [6, 6.07) is 1.78. The molecule has 3 nitrogen and oxygen atoms in total. The smallest absolute Gasteiger partial charge is 0.0594 e. The number of rotatable bonds is 2. The van der Waals surface area contributed by atoms with Crippen LogP contribution >= 0.6 is 0 Å². The van der Waals surface area contributed by atoms with E-state index in [1.165, 1.54) is 51.6 Å². The maximum absolute atomic E-state index is 5.44. The number of nitrogens with zero attached hydrogens (tertiary/aromatic N) is 2. The van der Waals surface area contributed by atoms with Crippen molar-refractivity contribution in [1.82, 2.24) is 9.80 Å². The van der Waals surface area contributed by atoms with E-state index >= 15 is 0 Å². The molecule has 17 heavy (non-hydrogen) atoms. The van der Waals surface area contributed by atoms with Crippen LogP contribution in [0.1, 0.15) is 38.5 Å². The summed E-state index contributed by atoms with van der Waals surface area (Å²) in [5, 5.41) is 0. The second-order valence-electron chi connectivity index (χ2n) is 5.85. The Kier molecular flexibility index (Phi) is 3.99. The van der Waals surface area contributed by atoms with Crippen molar-refractivity contribution >= 4 is 0 Å². The Bertz CT molecular complexity index is 226. The number of hydrogen-bond acceptors (Lipinski definition) is 3. The molecule has 3 fully saturated rings. The van der Waals surface area contributed by atoms with E-state index in [2.05, 4.69) is 9.80 Å². The SMILES string of the molecule is C1CCC(N2CCC(N3CCOCC3)CC2)C1. The number of piperidine rings is 1. The Balaban J connectivity index is 1.46. The minimum absolute atomic E-state index is 0.844. The van der Waals surface area contributed by atoms with Crippen molar-refractivity contribution in [2.45, 2.75) is 50.6 Å². The third kappa shape index (κ3) is 2.83. The van der Waals surface area contributed by atoms with Gasteiger partial charge in [-0.1, -0.05) is 12.8 Å². The zero-order valence-corrected chi connectivity index (χ0v) is 10.9. The standard InChI is InChI=1S/C14H26N2O/c1-2-4-13(3-1)15-7-5-14(6-8-15)16-9-11-17-12-10-16/h13-14H,1-12H2. The summed E-state index contributed by atoms with van der Waals surface area (Å²) in [5.74, 6) is 0. The lowest BCUT2D eigenvalue weighted by atomic mass is 10.0. The Morgan fingerprint density at radius 2 is 1.18 bits per heavy atom. The fraction of sp³-hybridized carbons (Fsp3) is 1.00. The van der Waals surface area contributed by atoms with E-state index in [-0.39, 0.29) is 0 Å². The molecule has 0 spiro atoms. The van der Waals surface area contributed by atoms with Gasteiger partial charge in [0.2, 0.25) is 0 Å². The molecule has 0 bridgehead atoms. The quantitative estimate of drug-likeness (QED) is 0.728. The van der Waals surface area contributed by atoms with Gasteiger partial charge in [-0.3, -0.25) is 4.90 Å². The minimum atomic E-state index is 0.844. The lowest BCUT2D eigenvalue weighted by Crippen LogP contribution is -2.50. The monoisotopic (exact) mass is 238 g/mol. The molecule has 0 aromatic carbocycles. The second-order valence-corrected chi connectivity index (χ2v) is 5.85. The number of morpholine rings is 1. The first-order chi connectivity index (χ1) is 8.43. The largest absolute Gasteiger partial charge is 0.379 e. The van der Waals surface area contributed by atoms with E-state index in [0.29, 0.717) is 0 Å². The molecule has 3 rings (SSSR count). The Labute approximate surface area is 105 Å². The summed E-state index contributed by atoms with van der Waals surface area (Å²) in [6.45, 7) is 6.90. The van der Waals surface area contributed by atoms with E-state index in [1.807, 2.05) is 0 Å². The van der Waals surface area contributed by atoms with Crippen LogP contribution in [0.4, 0.5) is 0 Å². The van der Waals surface area contributed by atoms with Crippen molar-refractivity contribution in [1.29, 1.82) is 0 Å². The van der Waals surface area contributed by atoms with Gasteiger partial charge in [-0.25, -0.2) is 0 Å². The van der Waals surface area contributed by atoms with Gasteiger partial charge in [-0.15, -0.1) is 0 Å². The van der Waals surface area contributed by atoms with Gasteiger partial charge in [-0.2, -0.15) is 0 Å². The first kappa shape index (κ1) is 11.9. The highest BCUT2D eigenvalue weighted by Gasteiger charge is 2.29. The van der Waals surface area contributed by atoms with E-state index in [1.54, 1.807) is 0 Å². The highest BCUT2D eigenvalue weighted by atomic mass is 16.5. The van der Waals surface area contributed by atoms with Crippen molar-refractivity contribution in [3.05, 3.63) is 0 Å². The Hall–Kier alpha value is -0.120. The van der Waals surface area contributed by atoms with Crippen LogP contribution < -0.4 is 0 Å². The van der Waals surface area contributed by atoms with Crippen molar-refractivity contribution in [2.24, 2.45) is 0 Å². The summed E-state index contributed by atoms with van der Waals surface area (Å²) in [5.41, 5.74) is 0. The lowest BCUT2D eigenvalue weighted by molar-refractivity contribution is -0.00297. The van der Waals surface area contributed by atoms with E-state index in [4.69, 9.17) is 4.74 Å². The van der Waals surface area contributed by atoms with Crippen LogP contribution in [0.15, 0.2) is 0 Å². The van der Waals surface area contributed by atoms with Gasteiger partial charge in [0.15, 0.2) is 0 Å². The average Bonchev–Trinajstić information content (AvgIpc) is 2.94. The molecule has 0 unspecified atom stereocenters. The molecule has 3 heteroatoms. The molecule has 0 radical (unpaired) electrons.